The number of hydrogen-bond acceptors (Lipinski definition) is 6. The molecule has 0 saturated heterocycles. The molecule has 0 spiro atoms. The molecule has 210 valence electrons. The Morgan fingerprint density at radius 3 is 2.29 bits per heavy atom. The molecule has 2 aromatic rings. The van der Waals surface area contributed by atoms with Crippen LogP contribution in [-0.2, 0) is 4.74 Å². The maximum atomic E-state index is 13.0. The molecule has 0 atom stereocenters. The standard InChI is InChI=1S/C28H41N5O3.C2H6/c1-6-33(5)19-18-29-26(34)23-16-17-24(32-25(23)30-21-10-8-7-9-11-21)20-12-14-22(15-13-20)31-27(35)36-28(2,3)4;1-2/h7-11,16-17,20,22H,6,12-15,18-19H2,1-5H3,(H,29,34)(H,30,32)(H,31,35);1-2H3. The molecule has 0 bridgehead atoms. The summed E-state index contributed by atoms with van der Waals surface area (Å²) in [6.45, 7) is 14.0. The molecule has 1 fully saturated rings. The number of carbonyl (C=O) groups is 2. The van der Waals surface area contributed by atoms with Crippen LogP contribution in [-0.4, -0.2) is 60.2 Å². The average molecular weight is 526 g/mol. The van der Waals surface area contributed by atoms with E-state index in [0.717, 1.165) is 50.2 Å². The second-order valence-corrected chi connectivity index (χ2v) is 10.5. The summed E-state index contributed by atoms with van der Waals surface area (Å²) in [5, 5.41) is 9.36. The van der Waals surface area contributed by atoms with E-state index in [1.54, 1.807) is 0 Å². The Morgan fingerprint density at radius 2 is 1.68 bits per heavy atom. The number of benzene rings is 1. The van der Waals surface area contributed by atoms with Crippen molar-refractivity contribution in [3.8, 4) is 0 Å². The maximum Gasteiger partial charge on any atom is 0.407 e. The number of aromatic nitrogens is 1. The third kappa shape index (κ3) is 10.3. The number of nitrogens with zero attached hydrogens (tertiary/aromatic N) is 2. The van der Waals surface area contributed by atoms with Crippen LogP contribution < -0.4 is 16.0 Å². The number of para-hydroxylation sites is 1. The first kappa shape index (κ1) is 31.1. The van der Waals surface area contributed by atoms with Crippen molar-refractivity contribution in [1.29, 1.82) is 0 Å². The van der Waals surface area contributed by atoms with Crippen molar-refractivity contribution in [2.45, 2.75) is 84.8 Å². The van der Waals surface area contributed by atoms with Gasteiger partial charge in [-0.25, -0.2) is 9.78 Å². The second-order valence-electron chi connectivity index (χ2n) is 10.5. The lowest BCUT2D eigenvalue weighted by atomic mass is 9.83. The highest BCUT2D eigenvalue weighted by Gasteiger charge is 2.27. The Morgan fingerprint density at radius 1 is 1.03 bits per heavy atom. The van der Waals surface area contributed by atoms with Gasteiger partial charge in [0.1, 0.15) is 11.4 Å². The van der Waals surface area contributed by atoms with Crippen LogP contribution in [0.25, 0.3) is 0 Å². The van der Waals surface area contributed by atoms with Crippen LogP contribution in [0.3, 0.4) is 0 Å². The fourth-order valence-electron chi connectivity index (χ4n) is 4.26. The van der Waals surface area contributed by atoms with Crippen molar-refractivity contribution >= 4 is 23.5 Å². The lowest BCUT2D eigenvalue weighted by Crippen LogP contribution is -2.40. The summed E-state index contributed by atoms with van der Waals surface area (Å²) in [4.78, 5) is 32.2. The van der Waals surface area contributed by atoms with Gasteiger partial charge in [-0.05, 0) is 84.3 Å². The smallest absolute Gasteiger partial charge is 0.407 e. The van der Waals surface area contributed by atoms with Crippen molar-refractivity contribution < 1.29 is 14.3 Å². The van der Waals surface area contributed by atoms with Gasteiger partial charge in [-0.3, -0.25) is 4.79 Å². The predicted octanol–water partition coefficient (Wildman–Crippen LogP) is 6.08. The summed E-state index contributed by atoms with van der Waals surface area (Å²) in [7, 11) is 2.03. The lowest BCUT2D eigenvalue weighted by molar-refractivity contribution is 0.0491. The highest BCUT2D eigenvalue weighted by molar-refractivity contribution is 5.99. The molecule has 2 amide bonds. The topological polar surface area (TPSA) is 95.6 Å². The zero-order valence-electron chi connectivity index (χ0n) is 24.3. The minimum Gasteiger partial charge on any atom is -0.444 e. The summed E-state index contributed by atoms with van der Waals surface area (Å²) in [6.07, 6.45) is 3.18. The van der Waals surface area contributed by atoms with Crippen molar-refractivity contribution in [3.05, 3.63) is 53.7 Å². The van der Waals surface area contributed by atoms with Gasteiger partial charge in [0, 0.05) is 36.4 Å². The molecule has 3 N–H and O–H groups in total. The van der Waals surface area contributed by atoms with Gasteiger partial charge in [0.25, 0.3) is 5.91 Å². The molecule has 1 aliphatic carbocycles. The summed E-state index contributed by atoms with van der Waals surface area (Å²) < 4.78 is 5.40. The SMILES string of the molecule is CC.CCN(C)CCNC(=O)c1ccc(C2CCC(NC(=O)OC(C)(C)C)CC2)nc1Nc1ccccc1. The Balaban J connectivity index is 0.00000247. The average Bonchev–Trinajstić information content (AvgIpc) is 2.89. The van der Waals surface area contributed by atoms with Gasteiger partial charge in [0.2, 0.25) is 0 Å². The van der Waals surface area contributed by atoms with E-state index in [1.165, 1.54) is 0 Å². The van der Waals surface area contributed by atoms with Crippen LogP contribution in [0.5, 0.6) is 0 Å². The first-order chi connectivity index (χ1) is 18.1. The predicted molar refractivity (Wildman–Crippen MR) is 155 cm³/mol. The summed E-state index contributed by atoms with van der Waals surface area (Å²) in [5.41, 5.74) is 1.87. The summed E-state index contributed by atoms with van der Waals surface area (Å²) in [5.74, 6) is 0.699. The lowest BCUT2D eigenvalue weighted by Gasteiger charge is -2.30. The van der Waals surface area contributed by atoms with Gasteiger partial charge in [0.15, 0.2) is 0 Å². The minimum atomic E-state index is -0.507. The molecule has 0 radical (unpaired) electrons. The molecule has 38 heavy (non-hydrogen) atoms. The normalized spacial score (nSPS) is 17.2. The van der Waals surface area contributed by atoms with E-state index in [-0.39, 0.29) is 24.0 Å². The minimum absolute atomic E-state index is 0.101. The molecular weight excluding hydrogens is 478 g/mol. The van der Waals surface area contributed by atoms with Crippen molar-refractivity contribution in [3.63, 3.8) is 0 Å². The molecule has 1 aliphatic rings. The Kier molecular flexibility index (Phi) is 12.5. The number of amides is 2. The largest absolute Gasteiger partial charge is 0.444 e. The summed E-state index contributed by atoms with van der Waals surface area (Å²) in [6, 6.07) is 13.7. The number of hydrogen-bond donors (Lipinski definition) is 3. The van der Waals surface area contributed by atoms with Crippen molar-refractivity contribution in [2.24, 2.45) is 0 Å². The van der Waals surface area contributed by atoms with E-state index in [0.29, 0.717) is 17.9 Å². The molecule has 1 saturated carbocycles. The Labute approximate surface area is 228 Å². The zero-order valence-corrected chi connectivity index (χ0v) is 24.3. The molecule has 1 aromatic heterocycles. The van der Waals surface area contributed by atoms with E-state index >= 15 is 0 Å². The van der Waals surface area contributed by atoms with E-state index < -0.39 is 5.60 Å². The van der Waals surface area contributed by atoms with Gasteiger partial charge >= 0.3 is 6.09 Å². The van der Waals surface area contributed by atoms with Crippen molar-refractivity contribution in [2.75, 3.05) is 32.0 Å². The Bertz CT molecular complexity index is 999. The highest BCUT2D eigenvalue weighted by atomic mass is 16.6. The third-order valence-corrected chi connectivity index (χ3v) is 6.38. The number of ether oxygens (including phenoxy) is 1. The highest BCUT2D eigenvalue weighted by Crippen LogP contribution is 2.33. The molecule has 1 heterocycles. The molecule has 0 unspecified atom stereocenters. The van der Waals surface area contributed by atoms with E-state index in [1.807, 2.05) is 84.1 Å². The number of likely N-dealkylation sites (N-methyl/N-ethyl adjacent to an activating group) is 1. The van der Waals surface area contributed by atoms with Gasteiger partial charge < -0.3 is 25.6 Å². The van der Waals surface area contributed by atoms with E-state index in [9.17, 15) is 9.59 Å². The second kappa shape index (κ2) is 15.3. The van der Waals surface area contributed by atoms with Crippen molar-refractivity contribution in [1.82, 2.24) is 20.5 Å². The molecule has 8 heteroatoms. The Hall–Kier alpha value is -3.13. The number of carbonyl (C=O) groups excluding carboxylic acids is 2. The van der Waals surface area contributed by atoms with E-state index in [2.05, 4.69) is 27.8 Å². The molecular formula is C30H47N5O3. The van der Waals surface area contributed by atoms with E-state index in [4.69, 9.17) is 9.72 Å². The van der Waals surface area contributed by atoms with Gasteiger partial charge in [0.05, 0.1) is 5.56 Å². The number of anilines is 2. The molecule has 3 rings (SSSR count). The fourth-order valence-corrected chi connectivity index (χ4v) is 4.26. The van der Waals surface area contributed by atoms with Gasteiger partial charge in [-0.2, -0.15) is 0 Å². The quantitative estimate of drug-likeness (QED) is 0.367. The number of rotatable bonds is 9. The summed E-state index contributed by atoms with van der Waals surface area (Å²) >= 11 is 0. The van der Waals surface area contributed by atoms with Crippen LogP contribution >= 0.6 is 0 Å². The van der Waals surface area contributed by atoms with Crippen LogP contribution in [0.1, 0.15) is 89.2 Å². The third-order valence-electron chi connectivity index (χ3n) is 6.38. The number of pyridine rings is 1. The number of nitrogens with one attached hydrogen (secondary N) is 3. The zero-order chi connectivity index (χ0) is 28.1. The van der Waals surface area contributed by atoms with Crippen LogP contribution in [0.15, 0.2) is 42.5 Å². The molecule has 8 nitrogen and oxygen atoms in total. The van der Waals surface area contributed by atoms with Crippen LogP contribution in [0, 0.1) is 0 Å². The van der Waals surface area contributed by atoms with Crippen LogP contribution in [0.2, 0.25) is 0 Å². The van der Waals surface area contributed by atoms with Crippen LogP contribution in [0.4, 0.5) is 16.3 Å². The monoisotopic (exact) mass is 525 g/mol. The number of alkyl carbamates (subject to hydrolysis) is 1. The first-order valence-corrected chi connectivity index (χ1v) is 13.9. The molecule has 0 aliphatic heterocycles. The molecule has 1 aromatic carbocycles. The van der Waals surface area contributed by atoms with Gasteiger partial charge in [-0.1, -0.05) is 39.0 Å². The first-order valence-electron chi connectivity index (χ1n) is 13.9. The van der Waals surface area contributed by atoms with Gasteiger partial charge in [-0.15, -0.1) is 0 Å². The maximum absolute atomic E-state index is 13.0. The fraction of sp³-hybridized carbons (Fsp3) is 0.567.